The summed E-state index contributed by atoms with van der Waals surface area (Å²) in [6, 6.07) is 42.3. The maximum atomic E-state index is 13.6. The normalized spacial score (nSPS) is 11.7. The third-order valence-corrected chi connectivity index (χ3v) is 8.16. The summed E-state index contributed by atoms with van der Waals surface area (Å²) in [7, 11) is 0. The largest absolute Gasteiger partial charge is 0.325 e. The van der Waals surface area contributed by atoms with Crippen LogP contribution in [0, 0.1) is 0 Å². The summed E-state index contributed by atoms with van der Waals surface area (Å²) < 4.78 is 0.842. The Bertz CT molecular complexity index is 1780. The van der Waals surface area contributed by atoms with Crippen molar-refractivity contribution < 1.29 is 14.4 Å². The van der Waals surface area contributed by atoms with Gasteiger partial charge >= 0.3 is 0 Å². The van der Waals surface area contributed by atoms with Crippen LogP contribution in [-0.2, 0) is 9.59 Å². The Morgan fingerprint density at radius 2 is 1.30 bits per heavy atom. The number of nitrogens with one attached hydrogen (secondary N) is 3. The molecular weight excluding hydrogens is 634 g/mol. The SMILES string of the molecule is O=C(Nc1cccc(SC(C(=O)Nc2ccccc2)c2ccccc2)c1)/C(=C\c1cccc(Br)c1)NC(=O)c1ccccc1. The smallest absolute Gasteiger partial charge is 0.272 e. The molecule has 8 heteroatoms. The molecule has 44 heavy (non-hydrogen) atoms. The van der Waals surface area contributed by atoms with Gasteiger partial charge in [-0.15, -0.1) is 11.8 Å². The Morgan fingerprint density at radius 3 is 2.00 bits per heavy atom. The monoisotopic (exact) mass is 661 g/mol. The Labute approximate surface area is 268 Å². The molecule has 5 aromatic rings. The van der Waals surface area contributed by atoms with Gasteiger partial charge in [0, 0.05) is 26.3 Å². The molecule has 3 N–H and O–H groups in total. The summed E-state index contributed by atoms with van der Waals surface area (Å²) in [5.41, 5.74) is 3.33. The van der Waals surface area contributed by atoms with Crippen LogP contribution in [0.25, 0.3) is 6.08 Å². The van der Waals surface area contributed by atoms with Gasteiger partial charge in [-0.3, -0.25) is 14.4 Å². The third kappa shape index (κ3) is 8.56. The second-order valence-electron chi connectivity index (χ2n) is 9.68. The van der Waals surface area contributed by atoms with E-state index in [1.54, 1.807) is 36.4 Å². The number of thioether (sulfide) groups is 1. The van der Waals surface area contributed by atoms with Crippen LogP contribution < -0.4 is 16.0 Å². The second kappa shape index (κ2) is 15.0. The summed E-state index contributed by atoms with van der Waals surface area (Å²) in [6.07, 6.45) is 1.62. The fraction of sp³-hybridized carbons (Fsp3) is 0.0278. The lowest BCUT2D eigenvalue weighted by molar-refractivity contribution is -0.116. The van der Waals surface area contributed by atoms with Gasteiger partial charge in [0.25, 0.3) is 11.8 Å². The van der Waals surface area contributed by atoms with Crippen molar-refractivity contribution in [2.75, 3.05) is 10.6 Å². The molecule has 6 nitrogen and oxygen atoms in total. The minimum absolute atomic E-state index is 0.0828. The maximum Gasteiger partial charge on any atom is 0.272 e. The van der Waals surface area contributed by atoms with Gasteiger partial charge in [0.15, 0.2) is 0 Å². The van der Waals surface area contributed by atoms with Crippen molar-refractivity contribution in [1.29, 1.82) is 0 Å². The average molecular weight is 663 g/mol. The van der Waals surface area contributed by atoms with Crippen LogP contribution in [0.3, 0.4) is 0 Å². The first-order valence-electron chi connectivity index (χ1n) is 13.8. The summed E-state index contributed by atoms with van der Waals surface area (Å²) in [6.45, 7) is 0. The van der Waals surface area contributed by atoms with Gasteiger partial charge in [-0.1, -0.05) is 101 Å². The van der Waals surface area contributed by atoms with Crippen LogP contribution in [0.15, 0.2) is 155 Å². The lowest BCUT2D eigenvalue weighted by Crippen LogP contribution is -2.30. The zero-order valence-corrected chi connectivity index (χ0v) is 25.8. The minimum atomic E-state index is -0.542. The summed E-state index contributed by atoms with van der Waals surface area (Å²) >= 11 is 4.83. The number of hydrogen-bond acceptors (Lipinski definition) is 4. The lowest BCUT2D eigenvalue weighted by Gasteiger charge is -2.18. The average Bonchev–Trinajstić information content (AvgIpc) is 3.05. The first-order valence-corrected chi connectivity index (χ1v) is 15.4. The van der Waals surface area contributed by atoms with Crippen molar-refractivity contribution in [3.05, 3.63) is 166 Å². The van der Waals surface area contributed by atoms with E-state index >= 15 is 0 Å². The highest BCUT2D eigenvalue weighted by Crippen LogP contribution is 2.37. The van der Waals surface area contributed by atoms with Gasteiger partial charge in [0.1, 0.15) is 10.9 Å². The maximum absolute atomic E-state index is 13.6. The van der Waals surface area contributed by atoms with Gasteiger partial charge in [-0.2, -0.15) is 0 Å². The van der Waals surface area contributed by atoms with E-state index in [2.05, 4.69) is 31.9 Å². The molecule has 0 fully saturated rings. The van der Waals surface area contributed by atoms with Crippen molar-refractivity contribution in [3.8, 4) is 0 Å². The van der Waals surface area contributed by atoms with Crippen LogP contribution in [0.1, 0.15) is 26.7 Å². The van der Waals surface area contributed by atoms with Gasteiger partial charge < -0.3 is 16.0 Å². The molecule has 0 saturated heterocycles. The Balaban J connectivity index is 1.37. The molecular formula is C36H28BrN3O3S. The molecule has 0 aliphatic heterocycles. The Morgan fingerprint density at radius 1 is 0.659 bits per heavy atom. The molecule has 0 heterocycles. The van der Waals surface area contributed by atoms with Crippen molar-refractivity contribution >= 4 is 62.9 Å². The molecule has 0 aromatic heterocycles. The van der Waals surface area contributed by atoms with E-state index in [1.807, 2.05) is 109 Å². The van der Waals surface area contributed by atoms with Gasteiger partial charge in [0.05, 0.1) is 0 Å². The van der Waals surface area contributed by atoms with Crippen molar-refractivity contribution in [3.63, 3.8) is 0 Å². The Kier molecular flexibility index (Phi) is 10.4. The number of halogens is 1. The van der Waals surface area contributed by atoms with Crippen molar-refractivity contribution in [2.45, 2.75) is 10.1 Å². The number of benzene rings is 5. The molecule has 218 valence electrons. The zero-order chi connectivity index (χ0) is 30.7. The minimum Gasteiger partial charge on any atom is -0.325 e. The number of carbonyl (C=O) groups excluding carboxylic acids is 3. The predicted octanol–water partition coefficient (Wildman–Crippen LogP) is 8.33. The predicted molar refractivity (Wildman–Crippen MR) is 181 cm³/mol. The second-order valence-corrected chi connectivity index (χ2v) is 11.8. The molecule has 3 amide bonds. The molecule has 5 rings (SSSR count). The third-order valence-electron chi connectivity index (χ3n) is 6.42. The lowest BCUT2D eigenvalue weighted by atomic mass is 10.1. The van der Waals surface area contributed by atoms with E-state index in [1.165, 1.54) is 11.8 Å². The fourth-order valence-electron chi connectivity index (χ4n) is 4.32. The van der Waals surface area contributed by atoms with E-state index < -0.39 is 17.1 Å². The van der Waals surface area contributed by atoms with E-state index in [0.717, 1.165) is 20.5 Å². The summed E-state index contributed by atoms with van der Waals surface area (Å²) in [5.74, 6) is -1.05. The molecule has 0 saturated carbocycles. The number of anilines is 2. The van der Waals surface area contributed by atoms with Crippen LogP contribution in [0.5, 0.6) is 0 Å². The highest BCUT2D eigenvalue weighted by Gasteiger charge is 2.23. The molecule has 1 atom stereocenters. The number of amides is 3. The first-order chi connectivity index (χ1) is 21.4. The quantitative estimate of drug-likeness (QED) is 0.104. The van der Waals surface area contributed by atoms with E-state index in [9.17, 15) is 14.4 Å². The van der Waals surface area contributed by atoms with E-state index in [4.69, 9.17) is 0 Å². The highest BCUT2D eigenvalue weighted by molar-refractivity contribution is 9.10. The zero-order valence-electron chi connectivity index (χ0n) is 23.4. The van der Waals surface area contributed by atoms with Crippen LogP contribution >= 0.6 is 27.7 Å². The van der Waals surface area contributed by atoms with E-state index in [-0.39, 0.29) is 11.6 Å². The fourth-order valence-corrected chi connectivity index (χ4v) is 5.82. The molecule has 0 aliphatic rings. The number of rotatable bonds is 10. The van der Waals surface area contributed by atoms with Crippen molar-refractivity contribution in [1.82, 2.24) is 5.32 Å². The molecule has 5 aromatic carbocycles. The standard InChI is InChI=1S/C36H28BrN3O3S/c37-28-17-10-12-25(22-28)23-32(40-34(41)27-15-6-2-7-16-27)35(42)39-30-20-11-21-31(24-30)44-33(26-13-4-1-5-14-26)36(43)38-29-18-8-3-9-19-29/h1-24,33H,(H,38,43)(H,39,42)(H,40,41)/b32-23+. The molecule has 0 aliphatic carbocycles. The first kappa shape index (κ1) is 30.5. The van der Waals surface area contributed by atoms with E-state index in [0.29, 0.717) is 16.9 Å². The number of para-hydroxylation sites is 1. The molecule has 0 radical (unpaired) electrons. The van der Waals surface area contributed by atoms with Gasteiger partial charge in [0.2, 0.25) is 5.91 Å². The van der Waals surface area contributed by atoms with Crippen LogP contribution in [-0.4, -0.2) is 17.7 Å². The van der Waals surface area contributed by atoms with Crippen LogP contribution in [0.4, 0.5) is 11.4 Å². The molecule has 0 bridgehead atoms. The van der Waals surface area contributed by atoms with Gasteiger partial charge in [-0.05, 0) is 71.8 Å². The summed E-state index contributed by atoms with van der Waals surface area (Å²) in [5, 5.41) is 8.13. The Hall–Kier alpha value is -4.92. The van der Waals surface area contributed by atoms with Gasteiger partial charge in [-0.25, -0.2) is 0 Å². The van der Waals surface area contributed by atoms with Crippen LogP contribution in [0.2, 0.25) is 0 Å². The topological polar surface area (TPSA) is 87.3 Å². The molecule has 1 unspecified atom stereocenters. The number of carbonyl (C=O) groups is 3. The number of hydrogen-bond donors (Lipinski definition) is 3. The highest BCUT2D eigenvalue weighted by atomic mass is 79.9. The summed E-state index contributed by atoms with van der Waals surface area (Å²) in [4.78, 5) is 40.8. The molecule has 0 spiro atoms. The van der Waals surface area contributed by atoms with Crippen molar-refractivity contribution in [2.24, 2.45) is 0 Å².